The zero-order chi connectivity index (χ0) is 14.5. The Hall–Kier alpha value is -1.66. The van der Waals surface area contributed by atoms with Gasteiger partial charge in [0.2, 0.25) is 0 Å². The van der Waals surface area contributed by atoms with E-state index in [1.54, 1.807) is 19.2 Å². The van der Waals surface area contributed by atoms with E-state index >= 15 is 0 Å². The Morgan fingerprint density at radius 3 is 2.80 bits per heavy atom. The molecule has 0 aliphatic carbocycles. The van der Waals surface area contributed by atoms with Crippen molar-refractivity contribution in [3.05, 3.63) is 33.9 Å². The number of nitro groups is 1. The summed E-state index contributed by atoms with van der Waals surface area (Å²) < 4.78 is 0. The Balaban J connectivity index is 2.16. The van der Waals surface area contributed by atoms with Crippen LogP contribution in [0.3, 0.4) is 0 Å². The molecule has 0 unspecified atom stereocenters. The highest BCUT2D eigenvalue weighted by atomic mass is 16.6. The van der Waals surface area contributed by atoms with Gasteiger partial charge in [-0.15, -0.1) is 0 Å². The van der Waals surface area contributed by atoms with Crippen molar-refractivity contribution in [3.8, 4) is 0 Å². The van der Waals surface area contributed by atoms with Crippen molar-refractivity contribution >= 4 is 11.4 Å². The average Bonchev–Trinajstić information content (AvgIpc) is 2.63. The molecular weight excluding hydrogens is 256 g/mol. The van der Waals surface area contributed by atoms with E-state index in [2.05, 4.69) is 22.2 Å². The summed E-state index contributed by atoms with van der Waals surface area (Å²) in [5, 5.41) is 14.0. The summed E-state index contributed by atoms with van der Waals surface area (Å²) in [4.78, 5) is 15.4. The monoisotopic (exact) mass is 278 g/mol. The molecule has 2 rings (SSSR count). The van der Waals surface area contributed by atoms with E-state index in [0.717, 1.165) is 44.7 Å². The summed E-state index contributed by atoms with van der Waals surface area (Å²) in [5.41, 5.74) is 1.78. The van der Waals surface area contributed by atoms with E-state index in [4.69, 9.17) is 0 Å². The van der Waals surface area contributed by atoms with Gasteiger partial charge < -0.3 is 10.2 Å². The molecule has 0 amide bonds. The second-order valence-corrected chi connectivity index (χ2v) is 5.25. The minimum absolute atomic E-state index is 0.150. The third-order valence-electron chi connectivity index (χ3n) is 3.78. The van der Waals surface area contributed by atoms with Gasteiger partial charge in [0.1, 0.15) is 5.69 Å². The molecule has 1 aromatic carbocycles. The molecule has 6 heteroatoms. The highest BCUT2D eigenvalue weighted by Gasteiger charge is 2.19. The van der Waals surface area contributed by atoms with Crippen molar-refractivity contribution in [3.63, 3.8) is 0 Å². The number of anilines is 1. The first-order valence-electron chi connectivity index (χ1n) is 6.96. The number of likely N-dealkylation sites (N-methyl/N-ethyl adjacent to an activating group) is 1. The third-order valence-corrected chi connectivity index (χ3v) is 3.78. The maximum absolute atomic E-state index is 11.1. The van der Waals surface area contributed by atoms with Crippen molar-refractivity contribution in [2.24, 2.45) is 0 Å². The molecule has 0 spiro atoms. The average molecular weight is 278 g/mol. The summed E-state index contributed by atoms with van der Waals surface area (Å²) in [6.07, 6.45) is 1.14. The highest BCUT2D eigenvalue weighted by molar-refractivity contribution is 5.66. The second-order valence-electron chi connectivity index (χ2n) is 5.25. The fourth-order valence-electron chi connectivity index (χ4n) is 2.66. The number of para-hydroxylation sites is 1. The minimum atomic E-state index is -0.328. The molecule has 1 heterocycles. The number of nitrogens with one attached hydrogen (secondary N) is 1. The minimum Gasteiger partial charge on any atom is -0.382 e. The summed E-state index contributed by atoms with van der Waals surface area (Å²) in [6, 6.07) is 5.28. The van der Waals surface area contributed by atoms with Crippen LogP contribution >= 0.6 is 0 Å². The van der Waals surface area contributed by atoms with Crippen molar-refractivity contribution in [1.29, 1.82) is 0 Å². The molecule has 1 saturated heterocycles. The maximum atomic E-state index is 11.1. The predicted molar refractivity (Wildman–Crippen MR) is 80.0 cm³/mol. The first-order chi connectivity index (χ1) is 9.61. The molecule has 6 nitrogen and oxygen atoms in total. The number of rotatable bonds is 4. The Morgan fingerprint density at radius 1 is 1.30 bits per heavy atom. The lowest BCUT2D eigenvalue weighted by molar-refractivity contribution is -0.384. The van der Waals surface area contributed by atoms with E-state index in [0.29, 0.717) is 5.69 Å². The standard InChI is InChI=1S/C14H22N4O2/c1-15-14-12(5-3-6-13(14)18(19)20)11-17-8-4-7-16(2)9-10-17/h3,5-6,15H,4,7-11H2,1-2H3. The first-order valence-corrected chi connectivity index (χ1v) is 6.96. The molecular formula is C14H22N4O2. The van der Waals surface area contributed by atoms with E-state index < -0.39 is 0 Å². The molecule has 1 aromatic rings. The number of nitro benzene ring substituents is 1. The van der Waals surface area contributed by atoms with Crippen LogP contribution in [0.4, 0.5) is 11.4 Å². The SMILES string of the molecule is CNc1c(CN2CCCN(C)CC2)cccc1[N+](=O)[O-]. The lowest BCUT2D eigenvalue weighted by Gasteiger charge is -2.21. The van der Waals surface area contributed by atoms with Gasteiger partial charge in [0.15, 0.2) is 0 Å². The fourth-order valence-corrected chi connectivity index (χ4v) is 2.66. The largest absolute Gasteiger partial charge is 0.382 e. The maximum Gasteiger partial charge on any atom is 0.292 e. The molecule has 20 heavy (non-hydrogen) atoms. The Kier molecular flexibility index (Phi) is 4.92. The fraction of sp³-hybridized carbons (Fsp3) is 0.571. The summed E-state index contributed by atoms with van der Waals surface area (Å²) in [6.45, 7) is 4.96. The lowest BCUT2D eigenvalue weighted by atomic mass is 10.1. The molecule has 110 valence electrons. The first kappa shape index (κ1) is 14.7. The van der Waals surface area contributed by atoms with Gasteiger partial charge in [0.05, 0.1) is 4.92 Å². The zero-order valence-electron chi connectivity index (χ0n) is 12.1. The molecule has 0 aromatic heterocycles. The van der Waals surface area contributed by atoms with E-state index in [-0.39, 0.29) is 10.6 Å². The van der Waals surface area contributed by atoms with Gasteiger partial charge in [-0.25, -0.2) is 0 Å². The van der Waals surface area contributed by atoms with Crippen LogP contribution in [-0.2, 0) is 6.54 Å². The van der Waals surface area contributed by atoms with Gasteiger partial charge in [-0.1, -0.05) is 12.1 Å². The summed E-state index contributed by atoms with van der Waals surface area (Å²) in [5.74, 6) is 0. The van der Waals surface area contributed by atoms with Crippen LogP contribution in [-0.4, -0.2) is 55.0 Å². The van der Waals surface area contributed by atoms with Crippen LogP contribution in [0, 0.1) is 10.1 Å². The molecule has 0 radical (unpaired) electrons. The highest BCUT2D eigenvalue weighted by Crippen LogP contribution is 2.28. The molecule has 1 N–H and O–H groups in total. The number of hydrogen-bond donors (Lipinski definition) is 1. The van der Waals surface area contributed by atoms with Gasteiger partial charge in [-0.2, -0.15) is 0 Å². The normalized spacial score (nSPS) is 17.7. The third kappa shape index (κ3) is 3.46. The van der Waals surface area contributed by atoms with Gasteiger partial charge in [0.25, 0.3) is 5.69 Å². The number of hydrogen-bond acceptors (Lipinski definition) is 5. The topological polar surface area (TPSA) is 61.6 Å². The van der Waals surface area contributed by atoms with Gasteiger partial charge in [-0.3, -0.25) is 15.0 Å². The van der Waals surface area contributed by atoms with Crippen LogP contribution in [0.5, 0.6) is 0 Å². The molecule has 0 atom stereocenters. The predicted octanol–water partition coefficient (Wildman–Crippen LogP) is 1.77. The van der Waals surface area contributed by atoms with Crippen LogP contribution in [0.15, 0.2) is 18.2 Å². The van der Waals surface area contributed by atoms with Crippen LogP contribution in [0.25, 0.3) is 0 Å². The number of benzene rings is 1. The van der Waals surface area contributed by atoms with E-state index in [9.17, 15) is 10.1 Å². The van der Waals surface area contributed by atoms with Crippen molar-refractivity contribution in [2.45, 2.75) is 13.0 Å². The summed E-state index contributed by atoms with van der Waals surface area (Å²) >= 11 is 0. The Bertz CT molecular complexity index is 478. The van der Waals surface area contributed by atoms with Gasteiger partial charge >= 0.3 is 0 Å². The smallest absolute Gasteiger partial charge is 0.292 e. The van der Waals surface area contributed by atoms with Crippen LogP contribution < -0.4 is 5.32 Å². The zero-order valence-corrected chi connectivity index (χ0v) is 12.1. The van der Waals surface area contributed by atoms with Crippen molar-refractivity contribution in [2.75, 3.05) is 45.6 Å². The Morgan fingerprint density at radius 2 is 2.10 bits per heavy atom. The summed E-state index contributed by atoms with van der Waals surface area (Å²) in [7, 11) is 3.87. The second kappa shape index (κ2) is 6.67. The van der Waals surface area contributed by atoms with Crippen LogP contribution in [0.1, 0.15) is 12.0 Å². The van der Waals surface area contributed by atoms with E-state index in [1.165, 1.54) is 0 Å². The molecule has 1 aliphatic heterocycles. The number of nitrogens with zero attached hydrogens (tertiary/aromatic N) is 3. The van der Waals surface area contributed by atoms with Crippen LogP contribution in [0.2, 0.25) is 0 Å². The molecule has 0 saturated carbocycles. The van der Waals surface area contributed by atoms with E-state index in [1.807, 2.05) is 6.07 Å². The molecule has 1 fully saturated rings. The Labute approximate surface area is 119 Å². The van der Waals surface area contributed by atoms with Crippen molar-refractivity contribution < 1.29 is 4.92 Å². The van der Waals surface area contributed by atoms with Gasteiger partial charge in [-0.05, 0) is 32.1 Å². The quantitative estimate of drug-likeness (QED) is 0.672. The molecule has 0 bridgehead atoms. The van der Waals surface area contributed by atoms with Crippen molar-refractivity contribution in [1.82, 2.24) is 9.80 Å². The van der Waals surface area contributed by atoms with Gasteiger partial charge in [0, 0.05) is 32.7 Å². The lowest BCUT2D eigenvalue weighted by Crippen LogP contribution is -2.28. The molecule has 1 aliphatic rings.